The van der Waals surface area contributed by atoms with Gasteiger partial charge in [0.2, 0.25) is 5.91 Å². The lowest BCUT2D eigenvalue weighted by atomic mass is 10.0. The largest absolute Gasteiger partial charge is 0.466 e. The number of rotatable bonds is 50. The summed E-state index contributed by atoms with van der Waals surface area (Å²) in [6.45, 7) is 4.90. The first kappa shape index (κ1) is 58.6. The molecular weight excluding hydrogens is 743 g/mol. The summed E-state index contributed by atoms with van der Waals surface area (Å²) in [5.41, 5.74) is 0. The average molecular weight is 848 g/mol. The number of nitrogens with one attached hydrogen (secondary N) is 1. The Bertz CT molecular complexity index is 893. The van der Waals surface area contributed by atoms with Crippen LogP contribution in [0, 0.1) is 0 Å². The van der Waals surface area contributed by atoms with E-state index < -0.39 is 12.1 Å². The van der Waals surface area contributed by atoms with Crippen LogP contribution >= 0.6 is 0 Å². The van der Waals surface area contributed by atoms with Crippen molar-refractivity contribution in [1.29, 1.82) is 0 Å². The van der Waals surface area contributed by atoms with E-state index in [2.05, 4.69) is 31.3 Å². The molecule has 0 fully saturated rings. The van der Waals surface area contributed by atoms with Crippen LogP contribution < -0.4 is 5.32 Å². The zero-order chi connectivity index (χ0) is 43.7. The van der Waals surface area contributed by atoms with Crippen molar-refractivity contribution in [1.82, 2.24) is 5.32 Å². The third-order valence-corrected chi connectivity index (χ3v) is 12.6. The predicted molar refractivity (Wildman–Crippen MR) is 260 cm³/mol. The van der Waals surface area contributed by atoms with E-state index in [-0.39, 0.29) is 18.5 Å². The maximum Gasteiger partial charge on any atom is 0.305 e. The lowest BCUT2D eigenvalue weighted by Crippen LogP contribution is -2.45. The molecule has 0 aliphatic heterocycles. The Morgan fingerprint density at radius 2 is 0.783 bits per heavy atom. The highest BCUT2D eigenvalue weighted by atomic mass is 16.5. The predicted octanol–water partition coefficient (Wildman–Crippen LogP) is 16.1. The second-order valence-electron chi connectivity index (χ2n) is 18.6. The first-order valence-corrected chi connectivity index (χ1v) is 26.9. The molecule has 0 saturated heterocycles. The summed E-state index contributed by atoms with van der Waals surface area (Å²) < 4.78 is 5.46. The Balaban J connectivity index is 3.47. The molecule has 1 amide bonds. The lowest BCUT2D eigenvalue weighted by molar-refractivity contribution is -0.143. The van der Waals surface area contributed by atoms with Crippen molar-refractivity contribution in [2.75, 3.05) is 13.2 Å². The Hall–Kier alpha value is -1.40. The third kappa shape index (κ3) is 46.1. The smallest absolute Gasteiger partial charge is 0.305 e. The Labute approximate surface area is 374 Å². The normalized spacial score (nSPS) is 12.7. The van der Waals surface area contributed by atoms with E-state index >= 15 is 0 Å². The fourth-order valence-corrected chi connectivity index (χ4v) is 8.40. The molecule has 6 heteroatoms. The van der Waals surface area contributed by atoms with Crippen LogP contribution in [0.5, 0.6) is 0 Å². The number of aliphatic hydroxyl groups is 2. The van der Waals surface area contributed by atoms with Gasteiger partial charge in [-0.25, -0.2) is 0 Å². The molecule has 0 bridgehead atoms. The van der Waals surface area contributed by atoms with E-state index in [0.717, 1.165) is 57.8 Å². The van der Waals surface area contributed by atoms with Crippen LogP contribution in [-0.2, 0) is 14.3 Å². The highest BCUT2D eigenvalue weighted by Gasteiger charge is 2.20. The van der Waals surface area contributed by atoms with Crippen LogP contribution in [-0.4, -0.2) is 47.4 Å². The van der Waals surface area contributed by atoms with Gasteiger partial charge in [-0.15, -0.1) is 0 Å². The number of carbonyl (C=O) groups is 2. The molecule has 6 nitrogen and oxygen atoms in total. The van der Waals surface area contributed by atoms with Gasteiger partial charge in [-0.1, -0.05) is 244 Å². The Kier molecular flexibility index (Phi) is 49.1. The van der Waals surface area contributed by atoms with Crippen molar-refractivity contribution in [3.8, 4) is 0 Å². The fraction of sp³-hybridized carbons (Fsp3) is 0.926. The third-order valence-electron chi connectivity index (χ3n) is 12.6. The molecule has 0 aromatic rings. The van der Waals surface area contributed by atoms with E-state index in [1.54, 1.807) is 0 Å². The van der Waals surface area contributed by atoms with Gasteiger partial charge >= 0.3 is 5.97 Å². The summed E-state index contributed by atoms with van der Waals surface area (Å²) in [6, 6.07) is -0.561. The van der Waals surface area contributed by atoms with Crippen LogP contribution in [0.1, 0.15) is 296 Å². The van der Waals surface area contributed by atoms with Gasteiger partial charge in [-0.3, -0.25) is 9.59 Å². The number of unbranched alkanes of at least 4 members (excludes halogenated alkanes) is 37. The maximum absolute atomic E-state index is 12.5. The molecule has 0 radical (unpaired) electrons. The highest BCUT2D eigenvalue weighted by molar-refractivity contribution is 5.76. The van der Waals surface area contributed by atoms with Crippen LogP contribution in [0.4, 0.5) is 0 Å². The zero-order valence-corrected chi connectivity index (χ0v) is 40.5. The van der Waals surface area contributed by atoms with E-state index in [1.165, 1.54) is 205 Å². The molecule has 356 valence electrons. The molecule has 0 spiro atoms. The molecule has 60 heavy (non-hydrogen) atoms. The van der Waals surface area contributed by atoms with Gasteiger partial charge in [0, 0.05) is 12.8 Å². The minimum atomic E-state index is -0.681. The number of aliphatic hydroxyl groups excluding tert-OH is 2. The zero-order valence-electron chi connectivity index (χ0n) is 40.5. The summed E-state index contributed by atoms with van der Waals surface area (Å²) in [5, 5.41) is 23.2. The Morgan fingerprint density at radius 1 is 0.450 bits per heavy atom. The van der Waals surface area contributed by atoms with Gasteiger partial charge in [0.25, 0.3) is 0 Å². The van der Waals surface area contributed by atoms with Crippen molar-refractivity contribution in [3.05, 3.63) is 12.2 Å². The number of amides is 1. The number of hydrogen-bond acceptors (Lipinski definition) is 5. The second kappa shape index (κ2) is 50.2. The number of allylic oxidation sites excluding steroid dienone is 2. The van der Waals surface area contributed by atoms with Crippen LogP contribution in [0.2, 0.25) is 0 Å². The van der Waals surface area contributed by atoms with Gasteiger partial charge in [-0.2, -0.15) is 0 Å². The van der Waals surface area contributed by atoms with E-state index in [9.17, 15) is 19.8 Å². The lowest BCUT2D eigenvalue weighted by Gasteiger charge is -2.22. The molecule has 0 heterocycles. The fourth-order valence-electron chi connectivity index (χ4n) is 8.40. The summed E-state index contributed by atoms with van der Waals surface area (Å²) in [4.78, 5) is 24.5. The Morgan fingerprint density at radius 3 is 1.18 bits per heavy atom. The van der Waals surface area contributed by atoms with Gasteiger partial charge in [-0.05, 0) is 51.4 Å². The number of ether oxygens (including phenoxy) is 1. The number of carbonyl (C=O) groups excluding carboxylic acids is 2. The molecule has 3 N–H and O–H groups in total. The monoisotopic (exact) mass is 848 g/mol. The van der Waals surface area contributed by atoms with Crippen molar-refractivity contribution in [2.45, 2.75) is 309 Å². The van der Waals surface area contributed by atoms with Crippen molar-refractivity contribution in [3.63, 3.8) is 0 Å². The molecule has 0 aliphatic rings. The van der Waals surface area contributed by atoms with Gasteiger partial charge in [0.1, 0.15) is 0 Å². The summed E-state index contributed by atoms with van der Waals surface area (Å²) in [5.74, 6) is -0.0880. The van der Waals surface area contributed by atoms with Gasteiger partial charge in [0.15, 0.2) is 0 Å². The topological polar surface area (TPSA) is 95.9 Å². The van der Waals surface area contributed by atoms with Crippen LogP contribution in [0.15, 0.2) is 12.2 Å². The number of esters is 1. The summed E-state index contributed by atoms with van der Waals surface area (Å²) >= 11 is 0. The first-order valence-electron chi connectivity index (χ1n) is 26.9. The number of hydrogen-bond donors (Lipinski definition) is 3. The molecular formula is C54H105NO5. The SMILES string of the molecule is CCCCCCCCC/C=C\CCCCCCCCCC(=O)OCCCCCCCCCCCC(=O)NC(CO)C(O)CCCCCCCCCCCCCCCCCC. The summed E-state index contributed by atoms with van der Waals surface area (Å²) in [6.07, 6.45) is 57.5. The minimum Gasteiger partial charge on any atom is -0.466 e. The molecule has 0 rings (SSSR count). The van der Waals surface area contributed by atoms with E-state index in [4.69, 9.17) is 4.74 Å². The van der Waals surface area contributed by atoms with Crippen molar-refractivity contribution < 1.29 is 24.5 Å². The highest BCUT2D eigenvalue weighted by Crippen LogP contribution is 2.17. The molecule has 0 aromatic carbocycles. The average Bonchev–Trinajstić information content (AvgIpc) is 3.25. The van der Waals surface area contributed by atoms with Crippen molar-refractivity contribution in [2.24, 2.45) is 0 Å². The van der Waals surface area contributed by atoms with Crippen molar-refractivity contribution >= 4 is 11.9 Å². The summed E-state index contributed by atoms with van der Waals surface area (Å²) in [7, 11) is 0. The standard InChI is InChI=1S/C54H105NO5/c1-3-5-7-9-11-13-15-17-19-21-22-24-26-28-32-36-40-44-48-54(59)60-49-45-41-37-33-29-31-35-39-43-47-53(58)55-51(50-56)52(57)46-42-38-34-30-27-25-23-20-18-16-14-12-10-8-6-4-2/h19,21,51-52,56-57H,3-18,20,22-50H2,1-2H3,(H,55,58)/b21-19-. The maximum atomic E-state index is 12.5. The first-order chi connectivity index (χ1) is 29.5. The molecule has 2 atom stereocenters. The molecule has 0 aliphatic carbocycles. The molecule has 0 aromatic heterocycles. The van der Waals surface area contributed by atoms with Gasteiger partial charge < -0.3 is 20.3 Å². The quantitative estimate of drug-likeness (QED) is 0.0322. The van der Waals surface area contributed by atoms with Gasteiger partial charge in [0.05, 0.1) is 25.4 Å². The van der Waals surface area contributed by atoms with Crippen LogP contribution in [0.3, 0.4) is 0 Å². The van der Waals surface area contributed by atoms with E-state index in [1.807, 2.05) is 0 Å². The molecule has 2 unspecified atom stereocenters. The molecule has 0 saturated carbocycles. The minimum absolute atomic E-state index is 0.0272. The van der Waals surface area contributed by atoms with Crippen LogP contribution in [0.25, 0.3) is 0 Å². The second-order valence-corrected chi connectivity index (χ2v) is 18.6. The van der Waals surface area contributed by atoms with E-state index in [0.29, 0.717) is 25.9 Å².